The first kappa shape index (κ1) is 29.3. The van der Waals surface area contributed by atoms with Crippen LogP contribution in [0.2, 0.25) is 0 Å². The van der Waals surface area contributed by atoms with E-state index >= 15 is 0 Å². The van der Waals surface area contributed by atoms with Gasteiger partial charge >= 0.3 is 5.97 Å². The summed E-state index contributed by atoms with van der Waals surface area (Å²) in [6.45, 7) is 3.01. The molecule has 2 atom stereocenters. The molecule has 1 N–H and O–H groups in total. The van der Waals surface area contributed by atoms with Crippen LogP contribution in [0.4, 0.5) is 0 Å². The van der Waals surface area contributed by atoms with Gasteiger partial charge in [0.2, 0.25) is 0 Å². The zero-order valence-corrected chi connectivity index (χ0v) is 24.3. The molecule has 216 valence electrons. The van der Waals surface area contributed by atoms with Gasteiger partial charge in [-0.15, -0.1) is 0 Å². The van der Waals surface area contributed by atoms with Crippen LogP contribution in [0.5, 0.6) is 5.75 Å². The molecule has 0 aliphatic heterocycles. The molecule has 5 rings (SSSR count). The van der Waals surface area contributed by atoms with Crippen LogP contribution < -0.4 is 4.74 Å². The second-order valence-corrected chi connectivity index (χ2v) is 10.7. The molecule has 0 fully saturated rings. The molecule has 5 nitrogen and oxygen atoms in total. The summed E-state index contributed by atoms with van der Waals surface area (Å²) in [6, 6.07) is 31.4. The van der Waals surface area contributed by atoms with Crippen molar-refractivity contribution in [3.8, 4) is 5.75 Å². The Morgan fingerprint density at radius 3 is 2.07 bits per heavy atom. The van der Waals surface area contributed by atoms with Crippen molar-refractivity contribution >= 4 is 18.1 Å². The van der Waals surface area contributed by atoms with Gasteiger partial charge in [0.1, 0.15) is 18.5 Å². The lowest BCUT2D eigenvalue weighted by Gasteiger charge is -2.22. The molecule has 42 heavy (non-hydrogen) atoms. The second kappa shape index (κ2) is 14.1. The van der Waals surface area contributed by atoms with E-state index in [1.54, 1.807) is 0 Å². The van der Waals surface area contributed by atoms with Crippen molar-refractivity contribution in [2.75, 3.05) is 20.3 Å². The van der Waals surface area contributed by atoms with Crippen molar-refractivity contribution < 1.29 is 24.1 Å². The topological polar surface area (TPSA) is 65.0 Å². The molecule has 4 aromatic rings. The number of carboxylic acids is 1. The first-order valence-corrected chi connectivity index (χ1v) is 14.6. The lowest BCUT2D eigenvalue weighted by atomic mass is 9.92. The maximum absolute atomic E-state index is 11.3. The van der Waals surface area contributed by atoms with E-state index in [-0.39, 0.29) is 6.10 Å². The smallest absolute Gasteiger partial charge is 0.333 e. The predicted octanol–water partition coefficient (Wildman–Crippen LogP) is 7.54. The molecule has 0 heterocycles. The Hall–Kier alpha value is -4.19. The number of carbonyl (C=O) groups is 1. The summed E-state index contributed by atoms with van der Waals surface area (Å²) in [6.07, 6.45) is 6.72. The van der Waals surface area contributed by atoms with Crippen molar-refractivity contribution in [2.24, 2.45) is 0 Å². The van der Waals surface area contributed by atoms with Gasteiger partial charge in [0.05, 0.1) is 6.61 Å². The number of methoxy groups -OCH3 is 1. The highest BCUT2D eigenvalue weighted by atomic mass is 16.5. The Balaban J connectivity index is 1.30. The van der Waals surface area contributed by atoms with E-state index in [0.717, 1.165) is 36.0 Å². The van der Waals surface area contributed by atoms with Gasteiger partial charge in [-0.25, -0.2) is 4.79 Å². The fourth-order valence-corrected chi connectivity index (χ4v) is 5.46. The standard InChI is InChI=1S/C37H38O5/c1-3-7-26-12-18-33-30(23-26)14-15-31-24-29(22-27-8-5-4-6-9-27)13-19-34(31)36(33)42-21-20-41-32-16-10-28(11-17-32)25-35(40-2)37(38)39/h4-6,8-19,23-24,35-36H,3,7,20-22,25H2,1-2H3,(H,38,39). The molecule has 1 aliphatic carbocycles. The third kappa shape index (κ3) is 7.35. The Bertz CT molecular complexity index is 1510. The number of carboxylic acid groups (broad SMARTS) is 1. The van der Waals surface area contributed by atoms with Crippen LogP contribution in [0, 0.1) is 0 Å². The Kier molecular flexibility index (Phi) is 9.86. The molecule has 1 aliphatic rings. The summed E-state index contributed by atoms with van der Waals surface area (Å²) in [5, 5.41) is 9.22. The zero-order valence-electron chi connectivity index (χ0n) is 24.3. The highest BCUT2D eigenvalue weighted by Crippen LogP contribution is 2.37. The number of fused-ring (bicyclic) bond motifs is 2. The van der Waals surface area contributed by atoms with Gasteiger partial charge in [-0.3, -0.25) is 0 Å². The fraction of sp³-hybridized carbons (Fsp3) is 0.270. The highest BCUT2D eigenvalue weighted by molar-refractivity contribution is 5.77. The van der Waals surface area contributed by atoms with E-state index in [9.17, 15) is 9.90 Å². The van der Waals surface area contributed by atoms with E-state index in [1.165, 1.54) is 34.9 Å². The number of aryl methyl sites for hydroxylation is 1. The van der Waals surface area contributed by atoms with E-state index < -0.39 is 12.1 Å². The normalized spacial score (nSPS) is 14.5. The Labute approximate surface area is 248 Å². The summed E-state index contributed by atoms with van der Waals surface area (Å²) in [7, 11) is 1.41. The van der Waals surface area contributed by atoms with Crippen LogP contribution in [0.3, 0.4) is 0 Å². The molecule has 0 aromatic heterocycles. The minimum atomic E-state index is -0.971. The average molecular weight is 563 g/mol. The highest BCUT2D eigenvalue weighted by Gasteiger charge is 2.23. The lowest BCUT2D eigenvalue weighted by molar-refractivity contribution is -0.148. The maximum Gasteiger partial charge on any atom is 0.333 e. The summed E-state index contributed by atoms with van der Waals surface area (Å²) >= 11 is 0. The summed E-state index contributed by atoms with van der Waals surface area (Å²) < 4.78 is 17.6. The summed E-state index contributed by atoms with van der Waals surface area (Å²) in [5.41, 5.74) is 9.46. The van der Waals surface area contributed by atoms with Gasteiger partial charge in [-0.1, -0.05) is 104 Å². The summed E-state index contributed by atoms with van der Waals surface area (Å²) in [5.74, 6) is -0.259. The number of hydrogen-bond donors (Lipinski definition) is 1. The van der Waals surface area contributed by atoms with Gasteiger partial charge in [0.25, 0.3) is 0 Å². The minimum absolute atomic E-state index is 0.209. The molecule has 4 aromatic carbocycles. The van der Waals surface area contributed by atoms with E-state index in [2.05, 4.69) is 79.7 Å². The van der Waals surface area contributed by atoms with Gasteiger partial charge in [-0.2, -0.15) is 0 Å². The molecular formula is C37H38O5. The largest absolute Gasteiger partial charge is 0.491 e. The molecule has 2 unspecified atom stereocenters. The first-order chi connectivity index (χ1) is 20.5. The van der Waals surface area contributed by atoms with Gasteiger partial charge in [-0.05, 0) is 69.5 Å². The predicted molar refractivity (Wildman–Crippen MR) is 167 cm³/mol. The molecule has 0 bridgehead atoms. The molecule has 0 saturated carbocycles. The first-order valence-electron chi connectivity index (χ1n) is 14.6. The van der Waals surface area contributed by atoms with Crippen LogP contribution in [0.1, 0.15) is 64.0 Å². The number of aliphatic carboxylic acids is 1. The van der Waals surface area contributed by atoms with Crippen LogP contribution in [-0.4, -0.2) is 37.5 Å². The molecule has 0 spiro atoms. The van der Waals surface area contributed by atoms with E-state index in [1.807, 2.05) is 30.3 Å². The summed E-state index contributed by atoms with van der Waals surface area (Å²) in [4.78, 5) is 11.3. The molecule has 0 radical (unpaired) electrons. The molecule has 0 amide bonds. The van der Waals surface area contributed by atoms with Crippen molar-refractivity contribution in [1.29, 1.82) is 0 Å². The fourth-order valence-electron chi connectivity index (χ4n) is 5.46. The maximum atomic E-state index is 11.3. The van der Waals surface area contributed by atoms with Gasteiger partial charge < -0.3 is 19.3 Å². The zero-order chi connectivity index (χ0) is 29.3. The van der Waals surface area contributed by atoms with Gasteiger partial charge in [0.15, 0.2) is 6.10 Å². The second-order valence-electron chi connectivity index (χ2n) is 10.7. The minimum Gasteiger partial charge on any atom is -0.491 e. The van der Waals surface area contributed by atoms with Gasteiger partial charge in [0, 0.05) is 13.5 Å². The molecule has 0 saturated heterocycles. The van der Waals surface area contributed by atoms with Crippen molar-refractivity contribution in [3.05, 3.63) is 136 Å². The third-order valence-electron chi connectivity index (χ3n) is 7.64. The number of rotatable bonds is 13. The number of hydrogen-bond acceptors (Lipinski definition) is 4. The van der Waals surface area contributed by atoms with Crippen molar-refractivity contribution in [1.82, 2.24) is 0 Å². The average Bonchev–Trinajstić information content (AvgIpc) is 3.15. The number of benzene rings is 4. The molecule has 5 heteroatoms. The SMILES string of the molecule is CCCc1ccc2c(c1)C=Cc1cc(Cc3ccccc3)ccc1C2OCCOc1ccc(CC(OC)C(=O)O)cc1. The van der Waals surface area contributed by atoms with Crippen molar-refractivity contribution in [3.63, 3.8) is 0 Å². The Morgan fingerprint density at radius 1 is 0.786 bits per heavy atom. The van der Waals surface area contributed by atoms with Crippen LogP contribution in [0.25, 0.3) is 12.2 Å². The number of ether oxygens (including phenoxy) is 3. The van der Waals surface area contributed by atoms with Crippen molar-refractivity contribution in [2.45, 2.75) is 44.8 Å². The van der Waals surface area contributed by atoms with E-state index in [0.29, 0.717) is 25.4 Å². The van der Waals surface area contributed by atoms with Crippen LogP contribution in [-0.2, 0) is 33.5 Å². The van der Waals surface area contributed by atoms with E-state index in [4.69, 9.17) is 14.2 Å². The Morgan fingerprint density at radius 2 is 1.43 bits per heavy atom. The van der Waals surface area contributed by atoms with Crippen LogP contribution in [0.15, 0.2) is 91.0 Å². The quantitative estimate of drug-likeness (QED) is 0.171. The molecular weight excluding hydrogens is 524 g/mol. The monoisotopic (exact) mass is 562 g/mol. The lowest BCUT2D eigenvalue weighted by Crippen LogP contribution is -2.24. The van der Waals surface area contributed by atoms with Crippen LogP contribution >= 0.6 is 0 Å². The third-order valence-corrected chi connectivity index (χ3v) is 7.64.